The topological polar surface area (TPSA) is 50.2 Å². The molecule has 0 unspecified atom stereocenters. The van der Waals surface area contributed by atoms with Gasteiger partial charge in [-0.3, -0.25) is 9.48 Å². The summed E-state index contributed by atoms with van der Waals surface area (Å²) in [6, 6.07) is -0.0974. The van der Waals surface area contributed by atoms with Gasteiger partial charge in [-0.15, -0.1) is 0 Å². The van der Waals surface area contributed by atoms with Crippen LogP contribution in [0.3, 0.4) is 0 Å². The third-order valence-electron chi connectivity index (χ3n) is 3.34. The number of amides is 1. The monoisotopic (exact) mass is 250 g/mol. The standard InChI is InChI=1S/C13H22N4O/c1-11-9-15-17(10-11)8-5-14-12(2)13(18)16-6-3-4-7-16/h9-10,12,14H,3-8H2,1-2H3/t12-/m0/s1. The first-order valence-corrected chi connectivity index (χ1v) is 6.68. The van der Waals surface area contributed by atoms with E-state index in [0.29, 0.717) is 0 Å². The van der Waals surface area contributed by atoms with Gasteiger partial charge in [-0.05, 0) is 32.3 Å². The van der Waals surface area contributed by atoms with Crippen molar-refractivity contribution in [3.8, 4) is 0 Å². The maximum atomic E-state index is 12.0. The molecule has 0 saturated carbocycles. The number of hydrogen-bond acceptors (Lipinski definition) is 3. The molecule has 2 rings (SSSR count). The lowest BCUT2D eigenvalue weighted by Crippen LogP contribution is -2.44. The lowest BCUT2D eigenvalue weighted by molar-refractivity contribution is -0.131. The van der Waals surface area contributed by atoms with Crippen molar-refractivity contribution in [2.45, 2.75) is 39.3 Å². The largest absolute Gasteiger partial charge is 0.341 e. The van der Waals surface area contributed by atoms with E-state index in [2.05, 4.69) is 10.4 Å². The van der Waals surface area contributed by atoms with Gasteiger partial charge >= 0.3 is 0 Å². The van der Waals surface area contributed by atoms with E-state index in [1.165, 1.54) is 0 Å². The number of nitrogens with one attached hydrogen (secondary N) is 1. The third-order valence-corrected chi connectivity index (χ3v) is 3.34. The zero-order chi connectivity index (χ0) is 13.0. The molecule has 0 aromatic carbocycles. The zero-order valence-electron chi connectivity index (χ0n) is 11.2. The minimum atomic E-state index is -0.0974. The normalized spacial score (nSPS) is 17.1. The Morgan fingerprint density at radius 2 is 2.22 bits per heavy atom. The molecule has 0 bridgehead atoms. The molecule has 100 valence electrons. The highest BCUT2D eigenvalue weighted by atomic mass is 16.2. The Bertz CT molecular complexity index is 395. The number of likely N-dealkylation sites (tertiary alicyclic amines) is 1. The molecule has 1 aliphatic rings. The van der Waals surface area contributed by atoms with Crippen LogP contribution in [0.25, 0.3) is 0 Å². The lowest BCUT2D eigenvalue weighted by Gasteiger charge is -2.21. The Labute approximate surface area is 108 Å². The van der Waals surface area contributed by atoms with Crippen molar-refractivity contribution in [1.82, 2.24) is 20.0 Å². The van der Waals surface area contributed by atoms with Crippen LogP contribution in [0.2, 0.25) is 0 Å². The number of aryl methyl sites for hydroxylation is 1. The number of hydrogen-bond donors (Lipinski definition) is 1. The molecular formula is C13H22N4O. The van der Waals surface area contributed by atoms with Crippen molar-refractivity contribution in [2.24, 2.45) is 0 Å². The maximum absolute atomic E-state index is 12.0. The fourth-order valence-electron chi connectivity index (χ4n) is 2.28. The van der Waals surface area contributed by atoms with Gasteiger partial charge in [0, 0.05) is 25.8 Å². The molecule has 1 amide bonds. The van der Waals surface area contributed by atoms with Crippen molar-refractivity contribution in [3.63, 3.8) is 0 Å². The Kier molecular flexibility index (Phi) is 4.36. The number of carbonyl (C=O) groups is 1. The minimum Gasteiger partial charge on any atom is -0.341 e. The number of aromatic nitrogens is 2. The summed E-state index contributed by atoms with van der Waals surface area (Å²) in [6.07, 6.45) is 6.14. The highest BCUT2D eigenvalue weighted by molar-refractivity contribution is 5.81. The summed E-state index contributed by atoms with van der Waals surface area (Å²) in [5.74, 6) is 0.226. The number of carbonyl (C=O) groups excluding carboxylic acids is 1. The van der Waals surface area contributed by atoms with E-state index in [0.717, 1.165) is 44.6 Å². The average molecular weight is 250 g/mol. The van der Waals surface area contributed by atoms with E-state index in [1.54, 1.807) is 0 Å². The molecule has 2 heterocycles. The molecule has 1 aromatic rings. The quantitative estimate of drug-likeness (QED) is 0.840. The van der Waals surface area contributed by atoms with Crippen molar-refractivity contribution in [2.75, 3.05) is 19.6 Å². The van der Waals surface area contributed by atoms with Gasteiger partial charge in [0.15, 0.2) is 0 Å². The minimum absolute atomic E-state index is 0.0974. The average Bonchev–Trinajstić information content (AvgIpc) is 2.99. The maximum Gasteiger partial charge on any atom is 0.239 e. The Morgan fingerprint density at radius 1 is 1.50 bits per heavy atom. The van der Waals surface area contributed by atoms with E-state index in [1.807, 2.05) is 35.8 Å². The first-order chi connectivity index (χ1) is 8.66. The second-order valence-electron chi connectivity index (χ2n) is 4.99. The number of nitrogens with zero attached hydrogens (tertiary/aromatic N) is 3. The Hall–Kier alpha value is -1.36. The molecule has 0 aliphatic carbocycles. The second kappa shape index (κ2) is 6.00. The van der Waals surface area contributed by atoms with Crippen LogP contribution in [-0.4, -0.2) is 46.3 Å². The van der Waals surface area contributed by atoms with Gasteiger partial charge in [0.05, 0.1) is 18.8 Å². The van der Waals surface area contributed by atoms with E-state index < -0.39 is 0 Å². The van der Waals surface area contributed by atoms with Crippen molar-refractivity contribution < 1.29 is 4.79 Å². The van der Waals surface area contributed by atoms with Gasteiger partial charge in [0.1, 0.15) is 0 Å². The second-order valence-corrected chi connectivity index (χ2v) is 4.99. The summed E-state index contributed by atoms with van der Waals surface area (Å²) < 4.78 is 1.90. The fourth-order valence-corrected chi connectivity index (χ4v) is 2.28. The van der Waals surface area contributed by atoms with Crippen LogP contribution in [-0.2, 0) is 11.3 Å². The van der Waals surface area contributed by atoms with Crippen LogP contribution in [0.5, 0.6) is 0 Å². The predicted molar refractivity (Wildman–Crippen MR) is 70.2 cm³/mol. The Morgan fingerprint density at radius 3 is 2.83 bits per heavy atom. The SMILES string of the molecule is Cc1cnn(CCN[C@@H](C)C(=O)N2CCCC2)c1. The zero-order valence-corrected chi connectivity index (χ0v) is 11.2. The van der Waals surface area contributed by atoms with Gasteiger partial charge in [-0.25, -0.2) is 0 Å². The van der Waals surface area contributed by atoms with Crippen LogP contribution in [0, 0.1) is 6.92 Å². The summed E-state index contributed by atoms with van der Waals surface area (Å²) >= 11 is 0. The molecule has 1 aromatic heterocycles. The van der Waals surface area contributed by atoms with Gasteiger partial charge in [0.2, 0.25) is 5.91 Å². The molecule has 5 heteroatoms. The summed E-state index contributed by atoms with van der Waals surface area (Å²) in [4.78, 5) is 14.0. The fraction of sp³-hybridized carbons (Fsp3) is 0.692. The molecule has 0 spiro atoms. The Balaban J connectivity index is 1.70. The molecule has 1 fully saturated rings. The summed E-state index contributed by atoms with van der Waals surface area (Å²) in [5.41, 5.74) is 1.16. The highest BCUT2D eigenvalue weighted by Crippen LogP contribution is 2.08. The van der Waals surface area contributed by atoms with Gasteiger partial charge in [-0.2, -0.15) is 5.10 Å². The van der Waals surface area contributed by atoms with Crippen molar-refractivity contribution >= 4 is 5.91 Å². The van der Waals surface area contributed by atoms with Crippen molar-refractivity contribution in [3.05, 3.63) is 18.0 Å². The van der Waals surface area contributed by atoms with Gasteiger partial charge in [-0.1, -0.05) is 0 Å². The summed E-state index contributed by atoms with van der Waals surface area (Å²) in [5, 5.41) is 7.48. The van der Waals surface area contributed by atoms with Crippen LogP contribution in [0.15, 0.2) is 12.4 Å². The lowest BCUT2D eigenvalue weighted by atomic mass is 10.3. The molecule has 1 atom stereocenters. The van der Waals surface area contributed by atoms with Crippen molar-refractivity contribution in [1.29, 1.82) is 0 Å². The molecule has 5 nitrogen and oxygen atoms in total. The molecule has 1 saturated heterocycles. The molecule has 0 radical (unpaired) electrons. The molecule has 18 heavy (non-hydrogen) atoms. The molecule has 1 aliphatic heterocycles. The summed E-state index contributed by atoms with van der Waals surface area (Å²) in [7, 11) is 0. The first-order valence-electron chi connectivity index (χ1n) is 6.68. The van der Waals surface area contributed by atoms with E-state index in [9.17, 15) is 4.79 Å². The van der Waals surface area contributed by atoms with Crippen LogP contribution in [0.4, 0.5) is 0 Å². The van der Waals surface area contributed by atoms with Crippen LogP contribution >= 0.6 is 0 Å². The van der Waals surface area contributed by atoms with E-state index >= 15 is 0 Å². The van der Waals surface area contributed by atoms with E-state index in [4.69, 9.17) is 0 Å². The van der Waals surface area contributed by atoms with Crippen LogP contribution in [0.1, 0.15) is 25.3 Å². The third kappa shape index (κ3) is 3.32. The first kappa shape index (κ1) is 13.1. The van der Waals surface area contributed by atoms with Gasteiger partial charge < -0.3 is 10.2 Å². The van der Waals surface area contributed by atoms with Gasteiger partial charge in [0.25, 0.3) is 0 Å². The molecular weight excluding hydrogens is 228 g/mol. The molecule has 1 N–H and O–H groups in total. The highest BCUT2D eigenvalue weighted by Gasteiger charge is 2.22. The number of rotatable bonds is 5. The van der Waals surface area contributed by atoms with E-state index in [-0.39, 0.29) is 11.9 Å². The summed E-state index contributed by atoms with van der Waals surface area (Å²) in [6.45, 7) is 7.37. The predicted octanol–water partition coefficient (Wildman–Crippen LogP) is 0.792. The van der Waals surface area contributed by atoms with Crippen LogP contribution < -0.4 is 5.32 Å². The smallest absolute Gasteiger partial charge is 0.239 e.